The van der Waals surface area contributed by atoms with Crippen LogP contribution in [-0.2, 0) is 0 Å². The van der Waals surface area contributed by atoms with Gasteiger partial charge in [-0.3, -0.25) is 0 Å². The Balaban J connectivity index is 2.32. The van der Waals surface area contributed by atoms with Crippen LogP contribution in [0.25, 0.3) is 0 Å². The van der Waals surface area contributed by atoms with E-state index in [2.05, 4.69) is 45.7 Å². The number of rotatable bonds is 0. The van der Waals surface area contributed by atoms with Gasteiger partial charge in [-0.1, -0.05) is 0 Å². The summed E-state index contributed by atoms with van der Waals surface area (Å²) in [6.45, 7) is 0. The largest absolute Gasteiger partial charge is 0.240 e. The molecule has 0 atom stereocenters. The minimum atomic E-state index is 1.94. The molecule has 0 saturated carbocycles. The van der Waals surface area contributed by atoms with Crippen LogP contribution in [0.5, 0.6) is 0 Å². The van der Waals surface area contributed by atoms with E-state index < -0.39 is 0 Å². The normalized spacial score (nSPS) is 8.75. The van der Waals surface area contributed by atoms with E-state index in [4.69, 9.17) is 0 Å². The topological polar surface area (TPSA) is 3.24 Å². The van der Waals surface area contributed by atoms with Crippen molar-refractivity contribution >= 4 is 53.7 Å². The van der Waals surface area contributed by atoms with Gasteiger partial charge in [0.25, 0.3) is 0 Å². The van der Waals surface area contributed by atoms with E-state index in [1.54, 1.807) is 0 Å². The molecule has 0 radical (unpaired) electrons. The molecule has 0 saturated heterocycles. The molecule has 0 heterocycles. The van der Waals surface area contributed by atoms with E-state index in [1.165, 1.54) is 0 Å². The van der Waals surface area contributed by atoms with Gasteiger partial charge in [-0.2, -0.15) is 0 Å². The Morgan fingerprint density at radius 2 is 1.50 bits per heavy atom. The minimum Gasteiger partial charge on any atom is -0.240 e. The Morgan fingerprint density at radius 3 is 1.50 bits per heavy atom. The molecule has 4 heteroatoms. The van der Waals surface area contributed by atoms with Crippen LogP contribution in [-0.4, -0.2) is 9.22 Å². The van der Waals surface area contributed by atoms with E-state index in [-0.39, 0.29) is 0 Å². The summed E-state index contributed by atoms with van der Waals surface area (Å²) < 4.78 is 1.94. The molecule has 0 aromatic carbocycles. The van der Waals surface area contributed by atoms with Crippen LogP contribution in [0.15, 0.2) is 0 Å². The Labute approximate surface area is 54.5 Å². The summed E-state index contributed by atoms with van der Waals surface area (Å²) >= 11 is 4.33. The summed E-state index contributed by atoms with van der Waals surface area (Å²) in [6, 6.07) is 0. The SMILES string of the molecule is BN(I)I. The second-order valence-corrected chi connectivity index (χ2v) is 5.14. The van der Waals surface area contributed by atoms with Gasteiger partial charge in [-0.05, 0) is 0 Å². The maximum absolute atomic E-state index is 2.16. The van der Waals surface area contributed by atoms with E-state index in [1.807, 2.05) is 9.22 Å². The highest BCUT2D eigenvalue weighted by atomic mass is 127. The molecular formula is H2BI2N. The number of hydrogen-bond donors (Lipinski definition) is 0. The van der Waals surface area contributed by atoms with Crippen LogP contribution in [0.2, 0.25) is 0 Å². The van der Waals surface area contributed by atoms with Gasteiger partial charge in [0.15, 0.2) is 0 Å². The Bertz CT molecular complexity index is 10.8. The predicted molar refractivity (Wildman–Crippen MR) is 38.4 cm³/mol. The molecule has 0 aliphatic heterocycles. The first-order chi connectivity index (χ1) is 1.73. The van der Waals surface area contributed by atoms with Crippen LogP contribution in [0, 0.1) is 0 Å². The number of nitrogens with zero attached hydrogens (tertiary/aromatic N) is 1. The van der Waals surface area contributed by atoms with Crippen molar-refractivity contribution in [3.63, 3.8) is 0 Å². The zero-order valence-corrected chi connectivity index (χ0v) is 6.52. The quantitative estimate of drug-likeness (QED) is 0.356. The minimum absolute atomic E-state index is 1.94. The molecule has 0 aliphatic rings. The van der Waals surface area contributed by atoms with Crippen molar-refractivity contribution in [3.05, 3.63) is 0 Å². The summed E-state index contributed by atoms with van der Waals surface area (Å²) in [6.07, 6.45) is 0. The molecule has 0 spiro atoms. The lowest BCUT2D eigenvalue weighted by molar-refractivity contribution is 1.45. The first-order valence-corrected chi connectivity index (χ1v) is 2.72. The van der Waals surface area contributed by atoms with Crippen LogP contribution >= 0.6 is 45.7 Å². The molecule has 0 unspecified atom stereocenters. The summed E-state index contributed by atoms with van der Waals surface area (Å²) in [5.41, 5.74) is 0. The predicted octanol–water partition coefficient (Wildman–Crippen LogP) is 0.536. The van der Waals surface area contributed by atoms with Crippen molar-refractivity contribution in [1.29, 1.82) is 0 Å². The van der Waals surface area contributed by atoms with E-state index in [0.717, 1.165) is 0 Å². The lowest BCUT2D eigenvalue weighted by Gasteiger charge is -1.82. The molecule has 0 aromatic heterocycles. The number of hydrogen-bond acceptors (Lipinski definition) is 1. The van der Waals surface area contributed by atoms with Gasteiger partial charge in [-0.15, -0.1) is 0 Å². The lowest BCUT2D eigenvalue weighted by Crippen LogP contribution is -1.78. The summed E-state index contributed by atoms with van der Waals surface area (Å²) in [5.74, 6) is 0. The molecule has 0 N–H and O–H groups in total. The monoisotopic (exact) mass is 281 g/mol. The van der Waals surface area contributed by atoms with Gasteiger partial charge >= 0.3 is 0 Å². The van der Waals surface area contributed by atoms with E-state index >= 15 is 0 Å². The standard InChI is InChI=1S/BH2I2N/c1-4(2)3/h1H2. The fourth-order valence-electron chi connectivity index (χ4n) is 0. The third kappa shape index (κ3) is 9.76. The van der Waals surface area contributed by atoms with E-state index in [9.17, 15) is 0 Å². The zero-order chi connectivity index (χ0) is 3.58. The fourth-order valence-corrected chi connectivity index (χ4v) is 0. The van der Waals surface area contributed by atoms with Gasteiger partial charge in [0.05, 0.1) is 0 Å². The van der Waals surface area contributed by atoms with Crippen LogP contribution in [0.4, 0.5) is 0 Å². The Kier molecular flexibility index (Phi) is 3.71. The third-order valence-electron chi connectivity index (χ3n) is 0. The highest BCUT2D eigenvalue weighted by Crippen LogP contribution is 1.96. The highest BCUT2D eigenvalue weighted by molar-refractivity contribution is 14.2. The van der Waals surface area contributed by atoms with Gasteiger partial charge in [-0.25, -0.2) is 1.24 Å². The molecule has 0 fully saturated rings. The molecule has 0 rings (SSSR count). The number of halogens is 2. The first-order valence-electron chi connectivity index (χ1n) is 0.785. The van der Waals surface area contributed by atoms with Crippen molar-refractivity contribution < 1.29 is 0 Å². The average Bonchev–Trinajstić information content (AvgIpc) is 0.811. The molecule has 0 bridgehead atoms. The zero-order valence-electron chi connectivity index (χ0n) is 2.20. The molecule has 0 amide bonds. The second kappa shape index (κ2) is 2.71. The van der Waals surface area contributed by atoms with Gasteiger partial charge in [0.1, 0.15) is 0 Å². The Hall–Kier alpha value is 1.48. The maximum atomic E-state index is 2.16. The average molecular weight is 281 g/mol. The van der Waals surface area contributed by atoms with Crippen molar-refractivity contribution in [2.75, 3.05) is 0 Å². The molecule has 4 heavy (non-hydrogen) atoms. The molecular weight excluding hydrogens is 279 g/mol. The molecule has 0 aliphatic carbocycles. The third-order valence-corrected chi connectivity index (χ3v) is 0. The molecule has 1 nitrogen and oxygen atoms in total. The van der Waals surface area contributed by atoms with Crippen LogP contribution in [0.3, 0.4) is 0 Å². The van der Waals surface area contributed by atoms with Crippen LogP contribution < -0.4 is 0 Å². The van der Waals surface area contributed by atoms with Crippen molar-refractivity contribution in [3.8, 4) is 0 Å². The van der Waals surface area contributed by atoms with Crippen molar-refractivity contribution in [2.45, 2.75) is 0 Å². The van der Waals surface area contributed by atoms with Gasteiger partial charge in [0, 0.05) is 45.7 Å². The first kappa shape index (κ1) is 5.48. The van der Waals surface area contributed by atoms with Crippen molar-refractivity contribution in [2.24, 2.45) is 0 Å². The van der Waals surface area contributed by atoms with Gasteiger partial charge < -0.3 is 0 Å². The Morgan fingerprint density at radius 1 is 1.50 bits per heavy atom. The van der Waals surface area contributed by atoms with Gasteiger partial charge in [0.2, 0.25) is 7.98 Å². The molecule has 24 valence electrons. The van der Waals surface area contributed by atoms with Crippen molar-refractivity contribution in [1.82, 2.24) is 1.24 Å². The maximum Gasteiger partial charge on any atom is 0.212 e. The summed E-state index contributed by atoms with van der Waals surface area (Å²) in [5, 5.41) is 0. The summed E-state index contributed by atoms with van der Waals surface area (Å²) in [4.78, 5) is 0. The smallest absolute Gasteiger partial charge is 0.212 e. The second-order valence-electron chi connectivity index (χ2n) is 0.402. The fraction of sp³-hybridized carbons (Fsp3) is 0. The lowest BCUT2D eigenvalue weighted by atomic mass is 10.5. The van der Waals surface area contributed by atoms with Crippen LogP contribution in [0.1, 0.15) is 0 Å². The van der Waals surface area contributed by atoms with E-state index in [0.29, 0.717) is 0 Å². The summed E-state index contributed by atoms with van der Waals surface area (Å²) in [7, 11) is 1.97. The molecule has 0 aromatic rings. The highest BCUT2D eigenvalue weighted by Gasteiger charge is 1.66.